The number of ether oxygens (including phenoxy) is 1. The first kappa shape index (κ1) is 21.3. The molecule has 1 unspecified atom stereocenters. The third-order valence-electron chi connectivity index (χ3n) is 4.96. The van der Waals surface area contributed by atoms with Gasteiger partial charge in [0, 0.05) is 25.0 Å². The summed E-state index contributed by atoms with van der Waals surface area (Å²) in [6.45, 7) is 2.27. The molecule has 0 saturated carbocycles. The Hall–Kier alpha value is -3.39. The van der Waals surface area contributed by atoms with E-state index in [9.17, 15) is 9.59 Å². The van der Waals surface area contributed by atoms with Crippen molar-refractivity contribution in [2.75, 3.05) is 19.5 Å². The van der Waals surface area contributed by atoms with Gasteiger partial charge in [-0.2, -0.15) is 0 Å². The monoisotopic (exact) mass is 424 g/mol. The van der Waals surface area contributed by atoms with Gasteiger partial charge in [0.2, 0.25) is 0 Å². The number of rotatable bonds is 5. The van der Waals surface area contributed by atoms with Crippen molar-refractivity contribution in [2.24, 2.45) is 0 Å². The van der Waals surface area contributed by atoms with E-state index in [0.29, 0.717) is 22.9 Å². The van der Waals surface area contributed by atoms with E-state index < -0.39 is 12.0 Å². The highest BCUT2D eigenvalue weighted by molar-refractivity contribution is 7.80. The Bertz CT molecular complexity index is 974. The molecule has 30 heavy (non-hydrogen) atoms. The molecular formula is C22H24N4O3S. The third kappa shape index (κ3) is 4.77. The summed E-state index contributed by atoms with van der Waals surface area (Å²) in [5.74, 6) is -0.415. The SMILES string of the molecule is COC(=O)C1=C(C)N(C)C(=S)NC1c1ccc(NC(=O)NCc2ccccc2)cc1. The van der Waals surface area contributed by atoms with Crippen molar-refractivity contribution in [3.05, 3.63) is 77.0 Å². The van der Waals surface area contributed by atoms with Crippen LogP contribution < -0.4 is 16.0 Å². The third-order valence-corrected chi connectivity index (χ3v) is 5.35. The molecule has 0 spiro atoms. The lowest BCUT2D eigenvalue weighted by Gasteiger charge is -2.35. The summed E-state index contributed by atoms with van der Waals surface area (Å²) in [6.07, 6.45) is 0. The quantitative estimate of drug-likeness (QED) is 0.505. The summed E-state index contributed by atoms with van der Waals surface area (Å²) >= 11 is 5.37. The average molecular weight is 425 g/mol. The minimum atomic E-state index is -0.429. The van der Waals surface area contributed by atoms with Crippen LogP contribution in [0.25, 0.3) is 0 Å². The number of hydrogen-bond donors (Lipinski definition) is 3. The molecule has 0 radical (unpaired) electrons. The zero-order chi connectivity index (χ0) is 21.7. The van der Waals surface area contributed by atoms with E-state index in [0.717, 1.165) is 16.8 Å². The van der Waals surface area contributed by atoms with Gasteiger partial charge in [0.15, 0.2) is 5.11 Å². The van der Waals surface area contributed by atoms with E-state index in [1.165, 1.54) is 7.11 Å². The number of urea groups is 1. The molecule has 0 aromatic heterocycles. The Morgan fingerprint density at radius 1 is 1.13 bits per heavy atom. The number of hydrogen-bond acceptors (Lipinski definition) is 4. The number of carbonyl (C=O) groups excluding carboxylic acids is 2. The van der Waals surface area contributed by atoms with E-state index in [2.05, 4.69) is 16.0 Å². The standard InChI is InChI=1S/C22H24N4O3S/c1-14-18(20(27)29-3)19(25-22(30)26(14)2)16-9-11-17(12-10-16)24-21(28)23-13-15-7-5-4-6-8-15/h4-12,19H,13H2,1-3H3,(H,25,30)(H2,23,24,28). The summed E-state index contributed by atoms with van der Waals surface area (Å²) in [5.41, 5.74) is 3.72. The molecule has 2 aromatic carbocycles. The van der Waals surface area contributed by atoms with Crippen LogP contribution in [0, 0.1) is 0 Å². The maximum atomic E-state index is 12.4. The van der Waals surface area contributed by atoms with Crippen LogP contribution in [-0.4, -0.2) is 36.2 Å². The van der Waals surface area contributed by atoms with Gasteiger partial charge in [-0.15, -0.1) is 0 Å². The molecule has 0 saturated heterocycles. The zero-order valence-corrected chi connectivity index (χ0v) is 17.9. The molecule has 0 bridgehead atoms. The fourth-order valence-electron chi connectivity index (χ4n) is 3.17. The van der Waals surface area contributed by atoms with Gasteiger partial charge in [-0.3, -0.25) is 0 Å². The lowest BCUT2D eigenvalue weighted by atomic mass is 9.95. The Kier molecular flexibility index (Phi) is 6.68. The van der Waals surface area contributed by atoms with E-state index in [1.807, 2.05) is 49.4 Å². The normalized spacial score (nSPS) is 16.0. The highest BCUT2D eigenvalue weighted by atomic mass is 32.1. The maximum Gasteiger partial charge on any atom is 0.337 e. The van der Waals surface area contributed by atoms with Crippen LogP contribution in [0.3, 0.4) is 0 Å². The predicted molar refractivity (Wildman–Crippen MR) is 120 cm³/mol. The van der Waals surface area contributed by atoms with Crippen molar-refractivity contribution < 1.29 is 14.3 Å². The average Bonchev–Trinajstić information content (AvgIpc) is 2.76. The highest BCUT2D eigenvalue weighted by Gasteiger charge is 2.33. The van der Waals surface area contributed by atoms with E-state index >= 15 is 0 Å². The summed E-state index contributed by atoms with van der Waals surface area (Å²) in [5, 5.41) is 9.32. The second kappa shape index (κ2) is 9.41. The number of anilines is 1. The van der Waals surface area contributed by atoms with Crippen LogP contribution in [0.1, 0.15) is 24.1 Å². The molecule has 2 aromatic rings. The molecule has 2 amide bonds. The van der Waals surface area contributed by atoms with Crippen molar-refractivity contribution in [1.29, 1.82) is 0 Å². The lowest BCUT2D eigenvalue weighted by Crippen LogP contribution is -2.46. The zero-order valence-electron chi connectivity index (χ0n) is 17.1. The molecule has 1 atom stereocenters. The number of nitrogens with one attached hydrogen (secondary N) is 3. The summed E-state index contributed by atoms with van der Waals surface area (Å²) in [7, 11) is 3.15. The van der Waals surface area contributed by atoms with E-state index in [4.69, 9.17) is 17.0 Å². The van der Waals surface area contributed by atoms with Gasteiger partial charge in [0.05, 0.1) is 18.7 Å². The summed E-state index contributed by atoms with van der Waals surface area (Å²) < 4.78 is 4.96. The predicted octanol–water partition coefficient (Wildman–Crippen LogP) is 3.32. The molecule has 1 aliphatic heterocycles. The number of thiocarbonyl (C=S) groups is 1. The summed E-state index contributed by atoms with van der Waals surface area (Å²) in [6, 6.07) is 16.2. The Morgan fingerprint density at radius 2 is 1.80 bits per heavy atom. The minimum absolute atomic E-state index is 0.295. The second-order valence-corrected chi connectivity index (χ2v) is 7.23. The molecule has 0 fully saturated rings. The van der Waals surface area contributed by atoms with Crippen LogP contribution in [0.5, 0.6) is 0 Å². The topological polar surface area (TPSA) is 82.7 Å². The van der Waals surface area contributed by atoms with Gasteiger partial charge >= 0.3 is 12.0 Å². The first-order valence-electron chi connectivity index (χ1n) is 9.42. The van der Waals surface area contributed by atoms with Crippen LogP contribution >= 0.6 is 12.2 Å². The first-order valence-corrected chi connectivity index (χ1v) is 9.83. The molecule has 7 nitrogen and oxygen atoms in total. The van der Waals surface area contributed by atoms with Gasteiger partial charge in [-0.1, -0.05) is 42.5 Å². The van der Waals surface area contributed by atoms with Crippen LogP contribution in [-0.2, 0) is 16.1 Å². The van der Waals surface area contributed by atoms with Crippen LogP contribution in [0.15, 0.2) is 65.9 Å². The van der Waals surface area contributed by atoms with Gasteiger partial charge in [0.25, 0.3) is 0 Å². The Balaban J connectivity index is 1.70. The highest BCUT2D eigenvalue weighted by Crippen LogP contribution is 2.31. The van der Waals surface area contributed by atoms with E-state index in [1.54, 1.807) is 24.1 Å². The molecular weight excluding hydrogens is 400 g/mol. The minimum Gasteiger partial charge on any atom is -0.466 e. The van der Waals surface area contributed by atoms with Crippen LogP contribution in [0.2, 0.25) is 0 Å². The maximum absolute atomic E-state index is 12.4. The second-order valence-electron chi connectivity index (χ2n) is 6.85. The first-order chi connectivity index (χ1) is 14.4. The largest absolute Gasteiger partial charge is 0.466 e. The smallest absolute Gasteiger partial charge is 0.337 e. The van der Waals surface area contributed by atoms with Gasteiger partial charge < -0.3 is 25.6 Å². The number of methoxy groups -OCH3 is 1. The molecule has 156 valence electrons. The Morgan fingerprint density at radius 3 is 2.43 bits per heavy atom. The van der Waals surface area contributed by atoms with Gasteiger partial charge in [-0.25, -0.2) is 9.59 Å². The van der Waals surface area contributed by atoms with Crippen molar-refractivity contribution in [2.45, 2.75) is 19.5 Å². The lowest BCUT2D eigenvalue weighted by molar-refractivity contribution is -0.136. The number of esters is 1. The van der Waals surface area contributed by atoms with Gasteiger partial charge in [-0.05, 0) is 42.4 Å². The molecule has 3 N–H and O–H groups in total. The fraction of sp³-hybridized carbons (Fsp3) is 0.227. The number of nitrogens with zero attached hydrogens (tertiary/aromatic N) is 1. The number of benzene rings is 2. The van der Waals surface area contributed by atoms with E-state index in [-0.39, 0.29) is 6.03 Å². The summed E-state index contributed by atoms with van der Waals surface area (Å²) in [4.78, 5) is 26.2. The number of amides is 2. The molecule has 1 aliphatic rings. The van der Waals surface area contributed by atoms with Crippen molar-refractivity contribution >= 4 is 35.0 Å². The number of carbonyl (C=O) groups is 2. The Labute approximate surface area is 181 Å². The van der Waals surface area contributed by atoms with Crippen LogP contribution in [0.4, 0.5) is 10.5 Å². The van der Waals surface area contributed by atoms with Gasteiger partial charge in [0.1, 0.15) is 0 Å². The van der Waals surface area contributed by atoms with Crippen molar-refractivity contribution in [1.82, 2.24) is 15.5 Å². The van der Waals surface area contributed by atoms with Crippen molar-refractivity contribution in [3.63, 3.8) is 0 Å². The molecule has 1 heterocycles. The molecule has 0 aliphatic carbocycles. The fourth-order valence-corrected chi connectivity index (χ4v) is 3.43. The van der Waals surface area contributed by atoms with Crippen molar-refractivity contribution in [3.8, 4) is 0 Å². The molecule has 8 heteroatoms. The molecule has 3 rings (SSSR count). The number of allylic oxidation sites excluding steroid dienone is 1.